The van der Waals surface area contributed by atoms with Crippen LogP contribution in [0.5, 0.6) is 0 Å². The largest absolute Gasteiger partial charge is 0.381 e. The molecular weight excluding hydrogens is 242 g/mol. The summed E-state index contributed by atoms with van der Waals surface area (Å²) in [5, 5.41) is 9.41. The highest BCUT2D eigenvalue weighted by atomic mass is 16.5. The van der Waals surface area contributed by atoms with Crippen molar-refractivity contribution in [2.45, 2.75) is 26.2 Å². The molecule has 1 heterocycles. The number of carbonyl (C=O) groups is 1. The lowest BCUT2D eigenvalue weighted by atomic mass is 9.80. The highest BCUT2D eigenvalue weighted by Gasteiger charge is 2.42. The van der Waals surface area contributed by atoms with E-state index in [0.29, 0.717) is 32.6 Å². The van der Waals surface area contributed by atoms with Crippen molar-refractivity contribution in [3.63, 3.8) is 0 Å². The number of hydrogen-bond acceptors (Lipinski definition) is 4. The fourth-order valence-corrected chi connectivity index (χ4v) is 2.38. The maximum atomic E-state index is 12.6. The molecule has 19 heavy (non-hydrogen) atoms. The highest BCUT2D eigenvalue weighted by molar-refractivity contribution is 5.85. The smallest absolute Gasteiger partial charge is 0.243 e. The number of carbonyl (C=O) groups excluding carboxylic acids is 1. The van der Waals surface area contributed by atoms with Crippen LogP contribution in [-0.4, -0.2) is 62.7 Å². The van der Waals surface area contributed by atoms with Gasteiger partial charge in [0.15, 0.2) is 0 Å². The Kier molecular flexibility index (Phi) is 6.26. The van der Waals surface area contributed by atoms with Crippen molar-refractivity contribution in [1.29, 1.82) is 5.26 Å². The maximum absolute atomic E-state index is 12.6. The molecule has 0 N–H and O–H groups in total. The van der Waals surface area contributed by atoms with E-state index in [1.165, 1.54) is 0 Å². The second-order valence-corrected chi connectivity index (χ2v) is 5.35. The molecule has 0 radical (unpaired) electrons. The minimum absolute atomic E-state index is 0.0143. The summed E-state index contributed by atoms with van der Waals surface area (Å²) in [6.45, 7) is 5.32. The van der Waals surface area contributed by atoms with Gasteiger partial charge in [0.1, 0.15) is 5.41 Å². The highest BCUT2D eigenvalue weighted by Crippen LogP contribution is 2.32. The molecule has 0 atom stereocenters. The third-order valence-corrected chi connectivity index (χ3v) is 3.67. The number of ether oxygens (including phenoxy) is 1. The lowest BCUT2D eigenvalue weighted by molar-refractivity contribution is -0.143. The van der Waals surface area contributed by atoms with Gasteiger partial charge >= 0.3 is 0 Å². The fraction of sp³-hybridized carbons (Fsp3) is 0.857. The molecule has 1 amide bonds. The van der Waals surface area contributed by atoms with Crippen LogP contribution in [0.25, 0.3) is 0 Å². The Balaban J connectivity index is 2.63. The SMILES string of the molecule is CCN(CCCN(C)C)C(=O)C1(C#N)CCOCC1. The van der Waals surface area contributed by atoms with Gasteiger partial charge in [-0.2, -0.15) is 5.26 Å². The first-order chi connectivity index (χ1) is 9.05. The van der Waals surface area contributed by atoms with Crippen LogP contribution in [0.1, 0.15) is 26.2 Å². The second kappa shape index (κ2) is 7.46. The van der Waals surface area contributed by atoms with Crippen LogP contribution >= 0.6 is 0 Å². The van der Waals surface area contributed by atoms with Crippen molar-refractivity contribution in [3.8, 4) is 6.07 Å². The Bertz CT molecular complexity index is 330. The molecule has 5 heteroatoms. The summed E-state index contributed by atoms with van der Waals surface area (Å²) in [4.78, 5) is 16.5. The molecule has 0 saturated carbocycles. The first kappa shape index (κ1) is 15.9. The number of amides is 1. The van der Waals surface area contributed by atoms with Crippen LogP contribution in [0, 0.1) is 16.7 Å². The lowest BCUT2D eigenvalue weighted by Gasteiger charge is -2.34. The molecule has 1 aliphatic heterocycles. The van der Waals surface area contributed by atoms with Gasteiger partial charge in [-0.25, -0.2) is 0 Å². The zero-order valence-corrected chi connectivity index (χ0v) is 12.3. The Morgan fingerprint density at radius 3 is 2.42 bits per heavy atom. The number of nitrogens with zero attached hydrogens (tertiary/aromatic N) is 3. The van der Waals surface area contributed by atoms with Gasteiger partial charge in [0, 0.05) is 26.3 Å². The van der Waals surface area contributed by atoms with Crippen LogP contribution in [0.15, 0.2) is 0 Å². The van der Waals surface area contributed by atoms with Gasteiger partial charge in [0.25, 0.3) is 0 Å². The lowest BCUT2D eigenvalue weighted by Crippen LogP contribution is -2.46. The van der Waals surface area contributed by atoms with E-state index >= 15 is 0 Å². The number of hydrogen-bond donors (Lipinski definition) is 0. The molecule has 0 spiro atoms. The summed E-state index contributed by atoms with van der Waals surface area (Å²) < 4.78 is 5.27. The minimum Gasteiger partial charge on any atom is -0.381 e. The Labute approximate surface area is 116 Å². The molecule has 5 nitrogen and oxygen atoms in total. The molecule has 1 fully saturated rings. The standard InChI is InChI=1S/C14H25N3O2/c1-4-17(9-5-8-16(2)3)13(18)14(12-15)6-10-19-11-7-14/h4-11H2,1-3H3. The van der Waals surface area contributed by atoms with E-state index in [-0.39, 0.29) is 5.91 Å². The maximum Gasteiger partial charge on any atom is 0.243 e. The number of rotatable bonds is 6. The zero-order valence-electron chi connectivity index (χ0n) is 12.3. The summed E-state index contributed by atoms with van der Waals surface area (Å²) in [5.74, 6) is -0.0143. The molecular formula is C14H25N3O2. The van der Waals surface area contributed by atoms with Gasteiger partial charge in [-0.15, -0.1) is 0 Å². The normalized spacial score (nSPS) is 18.1. The van der Waals surface area contributed by atoms with Crippen molar-refractivity contribution in [2.75, 3.05) is 46.9 Å². The van der Waals surface area contributed by atoms with Crippen LogP contribution in [0.3, 0.4) is 0 Å². The topological polar surface area (TPSA) is 56.6 Å². The van der Waals surface area contributed by atoms with Crippen LogP contribution in [-0.2, 0) is 9.53 Å². The van der Waals surface area contributed by atoms with Gasteiger partial charge in [-0.3, -0.25) is 4.79 Å². The van der Waals surface area contributed by atoms with Crippen LogP contribution in [0.2, 0.25) is 0 Å². The van der Waals surface area contributed by atoms with Gasteiger partial charge in [0.2, 0.25) is 5.91 Å². The molecule has 0 bridgehead atoms. The average molecular weight is 267 g/mol. The second-order valence-electron chi connectivity index (χ2n) is 5.35. The molecule has 0 unspecified atom stereocenters. The van der Waals surface area contributed by atoms with E-state index in [4.69, 9.17) is 4.74 Å². The third kappa shape index (κ3) is 4.19. The van der Waals surface area contributed by atoms with Crippen molar-refractivity contribution in [1.82, 2.24) is 9.80 Å². The van der Waals surface area contributed by atoms with E-state index in [1.807, 2.05) is 25.9 Å². The quantitative estimate of drug-likeness (QED) is 0.723. The van der Waals surface area contributed by atoms with Crippen LogP contribution in [0.4, 0.5) is 0 Å². The third-order valence-electron chi connectivity index (χ3n) is 3.67. The Morgan fingerprint density at radius 2 is 1.95 bits per heavy atom. The number of nitriles is 1. The van der Waals surface area contributed by atoms with Gasteiger partial charge in [-0.05, 0) is 46.8 Å². The summed E-state index contributed by atoms with van der Waals surface area (Å²) in [5.41, 5.74) is -0.855. The Morgan fingerprint density at radius 1 is 1.32 bits per heavy atom. The fourth-order valence-electron chi connectivity index (χ4n) is 2.38. The van der Waals surface area contributed by atoms with E-state index in [9.17, 15) is 10.1 Å². The zero-order chi connectivity index (χ0) is 14.3. The molecule has 1 rings (SSSR count). The molecule has 1 saturated heterocycles. The summed E-state index contributed by atoms with van der Waals surface area (Å²) in [6.07, 6.45) is 1.98. The van der Waals surface area contributed by atoms with E-state index in [1.54, 1.807) is 0 Å². The average Bonchev–Trinajstić information content (AvgIpc) is 2.43. The first-order valence-corrected chi connectivity index (χ1v) is 6.99. The van der Waals surface area contributed by atoms with Crippen molar-refractivity contribution >= 4 is 5.91 Å². The Hall–Kier alpha value is -1.12. The van der Waals surface area contributed by atoms with Crippen LogP contribution < -0.4 is 0 Å². The molecule has 0 aromatic rings. The van der Waals surface area contributed by atoms with Gasteiger partial charge in [-0.1, -0.05) is 0 Å². The van der Waals surface area contributed by atoms with Gasteiger partial charge < -0.3 is 14.5 Å². The monoisotopic (exact) mass is 267 g/mol. The summed E-state index contributed by atoms with van der Waals surface area (Å²) >= 11 is 0. The van der Waals surface area contributed by atoms with E-state index in [0.717, 1.165) is 19.5 Å². The molecule has 0 aromatic carbocycles. The van der Waals surface area contributed by atoms with Crippen molar-refractivity contribution in [3.05, 3.63) is 0 Å². The van der Waals surface area contributed by atoms with E-state index in [2.05, 4.69) is 11.0 Å². The predicted octanol–water partition coefficient (Wildman–Crippen LogP) is 1.11. The predicted molar refractivity (Wildman–Crippen MR) is 73.5 cm³/mol. The molecule has 108 valence electrons. The van der Waals surface area contributed by atoms with Crippen molar-refractivity contribution < 1.29 is 9.53 Å². The minimum atomic E-state index is -0.855. The van der Waals surface area contributed by atoms with E-state index < -0.39 is 5.41 Å². The first-order valence-electron chi connectivity index (χ1n) is 6.99. The molecule has 1 aliphatic rings. The molecule has 0 aromatic heterocycles. The summed E-state index contributed by atoms with van der Waals surface area (Å²) in [7, 11) is 4.04. The summed E-state index contributed by atoms with van der Waals surface area (Å²) in [6, 6.07) is 2.25. The molecule has 0 aliphatic carbocycles. The van der Waals surface area contributed by atoms with Crippen molar-refractivity contribution in [2.24, 2.45) is 5.41 Å². The van der Waals surface area contributed by atoms with Gasteiger partial charge in [0.05, 0.1) is 6.07 Å².